The van der Waals surface area contributed by atoms with E-state index in [9.17, 15) is 19.6 Å². The number of rotatable bonds is 8. The quantitative estimate of drug-likeness (QED) is 0.370. The maximum atomic E-state index is 12.5. The van der Waals surface area contributed by atoms with Crippen molar-refractivity contribution in [3.63, 3.8) is 0 Å². The largest absolute Gasteiger partial charge is 0.448 e. The predicted octanol–water partition coefficient (Wildman–Crippen LogP) is 3.95. The zero-order chi connectivity index (χ0) is 23.8. The molecule has 1 heterocycles. The molecule has 0 aliphatic heterocycles. The van der Waals surface area contributed by atoms with Crippen LogP contribution >= 0.6 is 0 Å². The molecule has 168 valence electrons. The van der Waals surface area contributed by atoms with Crippen LogP contribution in [0.2, 0.25) is 0 Å². The Labute approximate surface area is 187 Å². The number of benzene rings is 1. The maximum absolute atomic E-state index is 12.5. The number of carbonyl (C=O) groups excluding carboxylic acids is 3. The van der Waals surface area contributed by atoms with Gasteiger partial charge in [0.1, 0.15) is 11.6 Å². The summed E-state index contributed by atoms with van der Waals surface area (Å²) < 4.78 is 7.33. The van der Waals surface area contributed by atoms with Crippen molar-refractivity contribution in [2.24, 2.45) is 0 Å². The van der Waals surface area contributed by atoms with Crippen molar-refractivity contribution in [1.82, 2.24) is 4.57 Å². The molecule has 1 aromatic heterocycles. The number of aryl methyl sites for hydroxylation is 1. The van der Waals surface area contributed by atoms with E-state index in [4.69, 9.17) is 4.74 Å². The summed E-state index contributed by atoms with van der Waals surface area (Å²) in [6, 6.07) is 10.3. The van der Waals surface area contributed by atoms with Gasteiger partial charge in [-0.15, -0.1) is 0 Å². The fourth-order valence-electron chi connectivity index (χ4n) is 3.20. The molecule has 0 saturated heterocycles. The predicted molar refractivity (Wildman–Crippen MR) is 123 cm³/mol. The molecule has 1 aromatic carbocycles. The van der Waals surface area contributed by atoms with E-state index in [2.05, 4.69) is 22.1 Å². The van der Waals surface area contributed by atoms with E-state index in [-0.39, 0.29) is 11.5 Å². The second kappa shape index (κ2) is 11.0. The van der Waals surface area contributed by atoms with Crippen LogP contribution in [0.15, 0.2) is 35.9 Å². The molecule has 2 aromatic rings. The fourth-order valence-corrected chi connectivity index (χ4v) is 3.20. The highest BCUT2D eigenvalue weighted by Gasteiger charge is 2.21. The number of ether oxygens (including phenoxy) is 1. The minimum atomic E-state index is -1.11. The second-order valence-electron chi connectivity index (χ2n) is 7.44. The van der Waals surface area contributed by atoms with Crippen LogP contribution in [-0.2, 0) is 25.7 Å². The van der Waals surface area contributed by atoms with Gasteiger partial charge in [-0.25, -0.2) is 4.79 Å². The Morgan fingerprint density at radius 3 is 2.28 bits per heavy atom. The van der Waals surface area contributed by atoms with Crippen molar-refractivity contribution in [2.75, 3.05) is 10.6 Å². The van der Waals surface area contributed by atoms with Crippen LogP contribution in [0.4, 0.5) is 11.4 Å². The zero-order valence-corrected chi connectivity index (χ0v) is 19.0. The third kappa shape index (κ3) is 6.32. The first-order valence-corrected chi connectivity index (χ1v) is 10.3. The monoisotopic (exact) mass is 436 g/mol. The lowest BCUT2D eigenvalue weighted by Gasteiger charge is -2.13. The first-order valence-electron chi connectivity index (χ1n) is 10.3. The van der Waals surface area contributed by atoms with Crippen molar-refractivity contribution in [3.8, 4) is 6.07 Å². The molecular weight excluding hydrogens is 408 g/mol. The Kier molecular flexibility index (Phi) is 8.36. The fraction of sp³-hybridized carbons (Fsp3) is 0.333. The number of esters is 1. The molecule has 2 rings (SSSR count). The lowest BCUT2D eigenvalue weighted by molar-refractivity contribution is -0.148. The molecule has 0 fully saturated rings. The summed E-state index contributed by atoms with van der Waals surface area (Å²) in [7, 11) is 0. The topological polar surface area (TPSA) is 113 Å². The van der Waals surface area contributed by atoms with Gasteiger partial charge in [-0.1, -0.05) is 6.92 Å². The van der Waals surface area contributed by atoms with Crippen LogP contribution in [-0.4, -0.2) is 28.5 Å². The number of aromatic nitrogens is 1. The van der Waals surface area contributed by atoms with Gasteiger partial charge in [0.25, 0.3) is 5.91 Å². The lowest BCUT2D eigenvalue weighted by atomic mass is 10.1. The van der Waals surface area contributed by atoms with Crippen LogP contribution < -0.4 is 10.6 Å². The Morgan fingerprint density at radius 2 is 1.75 bits per heavy atom. The summed E-state index contributed by atoms with van der Waals surface area (Å²) in [6.45, 7) is 9.67. The van der Waals surface area contributed by atoms with Crippen LogP contribution in [0.5, 0.6) is 0 Å². The van der Waals surface area contributed by atoms with Crippen LogP contribution in [0, 0.1) is 25.2 Å². The SMILES string of the molecule is CCCn1c(C)cc(/C=C(\C#N)C(=O)OC(C)C(=O)Nc2ccc(NC(C)=O)cc2)c1C. The van der Waals surface area contributed by atoms with Crippen LogP contribution in [0.25, 0.3) is 6.08 Å². The highest BCUT2D eigenvalue weighted by Crippen LogP contribution is 2.20. The van der Waals surface area contributed by atoms with Gasteiger partial charge in [-0.3, -0.25) is 9.59 Å². The van der Waals surface area contributed by atoms with E-state index in [0.717, 1.165) is 29.9 Å². The van der Waals surface area contributed by atoms with Crippen molar-refractivity contribution in [2.45, 2.75) is 53.7 Å². The first-order chi connectivity index (χ1) is 15.2. The molecule has 2 amide bonds. The highest BCUT2D eigenvalue weighted by atomic mass is 16.5. The molecule has 0 aliphatic carbocycles. The molecule has 0 spiro atoms. The molecule has 0 saturated carbocycles. The number of hydrogen-bond acceptors (Lipinski definition) is 5. The summed E-state index contributed by atoms with van der Waals surface area (Å²) in [5.74, 6) is -1.60. The van der Waals surface area contributed by atoms with Gasteiger partial charge in [0, 0.05) is 36.2 Å². The van der Waals surface area contributed by atoms with E-state index in [1.54, 1.807) is 24.3 Å². The zero-order valence-electron chi connectivity index (χ0n) is 19.0. The van der Waals surface area contributed by atoms with Gasteiger partial charge in [0.05, 0.1) is 0 Å². The first kappa shape index (κ1) is 24.4. The minimum absolute atomic E-state index is 0.180. The van der Waals surface area contributed by atoms with Crippen molar-refractivity contribution in [1.29, 1.82) is 5.26 Å². The second-order valence-corrected chi connectivity index (χ2v) is 7.44. The molecule has 32 heavy (non-hydrogen) atoms. The van der Waals surface area contributed by atoms with Crippen molar-refractivity contribution in [3.05, 3.63) is 52.9 Å². The van der Waals surface area contributed by atoms with Gasteiger partial charge in [-0.05, 0) is 69.2 Å². The van der Waals surface area contributed by atoms with Gasteiger partial charge >= 0.3 is 5.97 Å². The lowest BCUT2D eigenvalue weighted by Crippen LogP contribution is -2.30. The van der Waals surface area contributed by atoms with E-state index >= 15 is 0 Å². The third-order valence-electron chi connectivity index (χ3n) is 4.83. The van der Waals surface area contributed by atoms with E-state index < -0.39 is 18.0 Å². The van der Waals surface area contributed by atoms with Crippen molar-refractivity contribution >= 4 is 35.2 Å². The molecule has 0 bridgehead atoms. The van der Waals surface area contributed by atoms with Crippen LogP contribution in [0.3, 0.4) is 0 Å². The van der Waals surface area contributed by atoms with E-state index in [1.165, 1.54) is 19.9 Å². The van der Waals surface area contributed by atoms with Crippen LogP contribution in [0.1, 0.15) is 44.1 Å². The number of anilines is 2. The molecule has 8 heteroatoms. The van der Waals surface area contributed by atoms with E-state index in [0.29, 0.717) is 11.4 Å². The third-order valence-corrected chi connectivity index (χ3v) is 4.83. The van der Waals surface area contributed by atoms with E-state index in [1.807, 2.05) is 26.0 Å². The molecule has 8 nitrogen and oxygen atoms in total. The summed E-state index contributed by atoms with van der Waals surface area (Å²) in [5.41, 5.74) is 3.65. The summed E-state index contributed by atoms with van der Waals surface area (Å²) in [6.07, 6.45) is 1.35. The number of carbonyl (C=O) groups is 3. The molecular formula is C24H28N4O4. The molecule has 0 aliphatic rings. The normalized spacial score (nSPS) is 11.9. The van der Waals surface area contributed by atoms with Gasteiger partial charge in [0.15, 0.2) is 6.10 Å². The number of nitriles is 1. The minimum Gasteiger partial charge on any atom is -0.448 e. The molecule has 1 unspecified atom stereocenters. The molecule has 0 radical (unpaired) electrons. The van der Waals surface area contributed by atoms with Gasteiger partial charge in [-0.2, -0.15) is 5.26 Å². The van der Waals surface area contributed by atoms with Gasteiger partial charge in [0.2, 0.25) is 5.91 Å². The maximum Gasteiger partial charge on any atom is 0.349 e. The Hall–Kier alpha value is -3.86. The smallest absolute Gasteiger partial charge is 0.349 e. The summed E-state index contributed by atoms with van der Waals surface area (Å²) >= 11 is 0. The Bertz CT molecular complexity index is 1070. The summed E-state index contributed by atoms with van der Waals surface area (Å²) in [4.78, 5) is 35.9. The number of nitrogens with zero attached hydrogens (tertiary/aromatic N) is 2. The number of nitrogens with one attached hydrogen (secondary N) is 2. The molecule has 2 N–H and O–H groups in total. The van der Waals surface area contributed by atoms with Crippen molar-refractivity contribution < 1.29 is 19.1 Å². The average molecular weight is 437 g/mol. The molecule has 1 atom stereocenters. The number of amides is 2. The standard InChI is InChI=1S/C24H28N4O4/c1-6-11-28-15(2)12-19(16(28)3)13-20(14-25)24(31)32-17(4)23(30)27-22-9-7-21(8-10-22)26-18(5)29/h7-10,12-13,17H,6,11H2,1-5H3,(H,26,29)(H,27,30)/b20-13+. The Balaban J connectivity index is 2.05. The van der Waals surface area contributed by atoms with Gasteiger partial charge < -0.3 is 19.9 Å². The summed E-state index contributed by atoms with van der Waals surface area (Å²) in [5, 5.41) is 14.7. The Morgan fingerprint density at radius 1 is 1.16 bits per heavy atom. The average Bonchev–Trinajstić information content (AvgIpc) is 3.00. The highest BCUT2D eigenvalue weighted by molar-refractivity contribution is 6.01. The number of hydrogen-bond donors (Lipinski definition) is 2.